The van der Waals surface area contributed by atoms with Gasteiger partial charge in [0, 0.05) is 31.9 Å². The summed E-state index contributed by atoms with van der Waals surface area (Å²) in [7, 11) is 0. The van der Waals surface area contributed by atoms with Gasteiger partial charge in [0.15, 0.2) is 0 Å². The minimum atomic E-state index is -0.205. The van der Waals surface area contributed by atoms with Gasteiger partial charge in [0.2, 0.25) is 5.91 Å². The number of halogens is 2. The van der Waals surface area contributed by atoms with Gasteiger partial charge < -0.3 is 15.0 Å². The molecule has 0 saturated carbocycles. The van der Waals surface area contributed by atoms with E-state index in [1.54, 1.807) is 12.1 Å². The number of nitrogens with zero attached hydrogens (tertiary/aromatic N) is 2. The highest BCUT2D eigenvalue weighted by molar-refractivity contribution is 5.92. The first-order valence-corrected chi connectivity index (χ1v) is 10.0. The number of carbonyl (C=O) groups is 1. The highest BCUT2D eigenvalue weighted by atomic mass is 35.5. The van der Waals surface area contributed by atoms with Crippen molar-refractivity contribution < 1.29 is 13.9 Å². The smallest absolute Gasteiger partial charge is 0.238 e. The number of para-hydroxylation sites is 2. The summed E-state index contributed by atoms with van der Waals surface area (Å²) in [6.45, 7) is 3.13. The van der Waals surface area contributed by atoms with Crippen LogP contribution in [-0.4, -0.2) is 43.5 Å². The van der Waals surface area contributed by atoms with Crippen LogP contribution in [-0.2, 0) is 4.79 Å². The number of ether oxygens (including phenoxy) is 1. The maximum atomic E-state index is 13.9. The molecule has 1 N–H and O–H groups in total. The van der Waals surface area contributed by atoms with Crippen molar-refractivity contribution in [3.05, 3.63) is 84.7 Å². The minimum Gasteiger partial charge on any atom is -0.457 e. The molecule has 7 heteroatoms. The van der Waals surface area contributed by atoms with Gasteiger partial charge in [-0.25, -0.2) is 4.39 Å². The number of nitrogens with one attached hydrogen (secondary N) is 1. The van der Waals surface area contributed by atoms with Crippen LogP contribution in [0.1, 0.15) is 0 Å². The summed E-state index contributed by atoms with van der Waals surface area (Å²) in [5.41, 5.74) is 1.35. The van der Waals surface area contributed by atoms with Crippen LogP contribution in [0.3, 0.4) is 0 Å². The van der Waals surface area contributed by atoms with Crippen molar-refractivity contribution in [1.82, 2.24) is 4.90 Å². The van der Waals surface area contributed by atoms with Crippen LogP contribution < -0.4 is 15.0 Å². The Bertz CT molecular complexity index is 978. The summed E-state index contributed by atoms with van der Waals surface area (Å²) in [6.07, 6.45) is 0. The molecule has 5 nitrogen and oxygen atoms in total. The Morgan fingerprint density at radius 2 is 1.45 bits per heavy atom. The first kappa shape index (κ1) is 22.6. The van der Waals surface area contributed by atoms with E-state index in [-0.39, 0.29) is 24.1 Å². The van der Waals surface area contributed by atoms with E-state index in [9.17, 15) is 9.18 Å². The predicted molar refractivity (Wildman–Crippen MR) is 124 cm³/mol. The molecule has 162 valence electrons. The Hall–Kier alpha value is -3.09. The number of amides is 1. The van der Waals surface area contributed by atoms with Gasteiger partial charge in [-0.2, -0.15) is 0 Å². The predicted octanol–water partition coefficient (Wildman–Crippen LogP) is 4.80. The summed E-state index contributed by atoms with van der Waals surface area (Å²) in [5.74, 6) is 1.21. The molecule has 0 spiro atoms. The third-order valence-corrected chi connectivity index (χ3v) is 5.05. The van der Waals surface area contributed by atoms with Gasteiger partial charge in [-0.05, 0) is 48.5 Å². The molecule has 1 heterocycles. The van der Waals surface area contributed by atoms with Gasteiger partial charge in [-0.15, -0.1) is 12.4 Å². The zero-order valence-corrected chi connectivity index (χ0v) is 17.9. The molecule has 1 amide bonds. The molecule has 0 aliphatic carbocycles. The molecule has 0 bridgehead atoms. The van der Waals surface area contributed by atoms with Crippen molar-refractivity contribution in [2.24, 2.45) is 0 Å². The normalized spacial score (nSPS) is 13.9. The molecule has 0 unspecified atom stereocenters. The lowest BCUT2D eigenvalue weighted by Gasteiger charge is -2.35. The van der Waals surface area contributed by atoms with Crippen LogP contribution in [0, 0.1) is 5.82 Å². The van der Waals surface area contributed by atoms with Crippen molar-refractivity contribution in [2.75, 3.05) is 42.9 Å². The van der Waals surface area contributed by atoms with Crippen molar-refractivity contribution in [3.8, 4) is 11.5 Å². The molecule has 0 atom stereocenters. The summed E-state index contributed by atoms with van der Waals surface area (Å²) in [4.78, 5) is 16.5. The lowest BCUT2D eigenvalue weighted by molar-refractivity contribution is -0.117. The third kappa shape index (κ3) is 6.20. The highest BCUT2D eigenvalue weighted by Gasteiger charge is 2.20. The van der Waals surface area contributed by atoms with Crippen LogP contribution in [0.5, 0.6) is 11.5 Å². The molecular formula is C24H25ClFN3O2. The summed E-state index contributed by atoms with van der Waals surface area (Å²) in [6, 6.07) is 23.7. The second-order valence-corrected chi connectivity index (χ2v) is 7.20. The fraction of sp³-hybridized carbons (Fsp3) is 0.208. The average Bonchev–Trinajstić information content (AvgIpc) is 2.77. The van der Waals surface area contributed by atoms with Crippen LogP contribution in [0.4, 0.5) is 15.8 Å². The number of hydrogen-bond donors (Lipinski definition) is 1. The van der Waals surface area contributed by atoms with Crippen LogP contribution >= 0.6 is 12.4 Å². The van der Waals surface area contributed by atoms with Gasteiger partial charge >= 0.3 is 0 Å². The average molecular weight is 442 g/mol. The quantitative estimate of drug-likeness (QED) is 0.596. The molecule has 1 aliphatic rings. The van der Waals surface area contributed by atoms with E-state index in [0.29, 0.717) is 44.2 Å². The maximum absolute atomic E-state index is 13.9. The lowest BCUT2D eigenvalue weighted by Crippen LogP contribution is -2.48. The topological polar surface area (TPSA) is 44.8 Å². The van der Waals surface area contributed by atoms with E-state index in [1.165, 1.54) is 6.07 Å². The molecule has 31 heavy (non-hydrogen) atoms. The Kier molecular flexibility index (Phi) is 7.87. The van der Waals surface area contributed by atoms with E-state index in [0.717, 1.165) is 11.4 Å². The standard InChI is InChI=1S/C24H24FN3O2.ClH/c25-22-8-4-5-9-23(22)28-16-14-27(15-17-28)18-24(29)26-19-10-12-21(13-11-19)30-20-6-2-1-3-7-20;/h1-13H,14-18H2,(H,26,29);1H. The fourth-order valence-electron chi connectivity index (χ4n) is 3.49. The maximum Gasteiger partial charge on any atom is 0.238 e. The number of hydrogen-bond acceptors (Lipinski definition) is 4. The fourth-order valence-corrected chi connectivity index (χ4v) is 3.49. The van der Waals surface area contributed by atoms with Crippen molar-refractivity contribution in [2.45, 2.75) is 0 Å². The molecule has 0 radical (unpaired) electrons. The van der Waals surface area contributed by atoms with Crippen LogP contribution in [0.15, 0.2) is 78.9 Å². The molecule has 1 aliphatic heterocycles. The first-order chi connectivity index (χ1) is 14.7. The van der Waals surface area contributed by atoms with E-state index >= 15 is 0 Å². The molecule has 1 saturated heterocycles. The zero-order valence-electron chi connectivity index (χ0n) is 17.0. The molecule has 3 aromatic rings. The van der Waals surface area contributed by atoms with Crippen LogP contribution in [0.25, 0.3) is 0 Å². The van der Waals surface area contributed by atoms with E-state index in [2.05, 4.69) is 10.2 Å². The lowest BCUT2D eigenvalue weighted by atomic mass is 10.2. The number of piperazine rings is 1. The van der Waals surface area contributed by atoms with E-state index in [4.69, 9.17) is 4.74 Å². The number of rotatable bonds is 6. The number of benzene rings is 3. The molecule has 1 fully saturated rings. The second-order valence-electron chi connectivity index (χ2n) is 7.20. The Labute approximate surface area is 187 Å². The van der Waals surface area contributed by atoms with Crippen molar-refractivity contribution >= 4 is 29.7 Å². The van der Waals surface area contributed by atoms with Gasteiger partial charge in [0.05, 0.1) is 12.2 Å². The van der Waals surface area contributed by atoms with Gasteiger partial charge in [-0.1, -0.05) is 30.3 Å². The van der Waals surface area contributed by atoms with Gasteiger partial charge in [0.25, 0.3) is 0 Å². The summed E-state index contributed by atoms with van der Waals surface area (Å²) >= 11 is 0. The number of carbonyl (C=O) groups excluding carboxylic acids is 1. The molecular weight excluding hydrogens is 417 g/mol. The highest BCUT2D eigenvalue weighted by Crippen LogP contribution is 2.23. The van der Waals surface area contributed by atoms with Crippen LogP contribution in [0.2, 0.25) is 0 Å². The molecule has 0 aromatic heterocycles. The SMILES string of the molecule is Cl.O=C(CN1CCN(c2ccccc2F)CC1)Nc1ccc(Oc2ccccc2)cc1. The number of anilines is 2. The molecule has 4 rings (SSSR count). The Morgan fingerprint density at radius 1 is 0.839 bits per heavy atom. The Balaban J connectivity index is 0.00000272. The Morgan fingerprint density at radius 3 is 2.13 bits per heavy atom. The van der Waals surface area contributed by atoms with Gasteiger partial charge in [-0.3, -0.25) is 9.69 Å². The van der Waals surface area contributed by atoms with E-state index in [1.807, 2.05) is 65.6 Å². The first-order valence-electron chi connectivity index (χ1n) is 10.0. The minimum absolute atomic E-state index is 0. The van der Waals surface area contributed by atoms with Crippen molar-refractivity contribution in [1.29, 1.82) is 0 Å². The summed E-state index contributed by atoms with van der Waals surface area (Å²) in [5, 5.41) is 2.92. The molecule has 3 aromatic carbocycles. The third-order valence-electron chi connectivity index (χ3n) is 5.05. The largest absolute Gasteiger partial charge is 0.457 e. The van der Waals surface area contributed by atoms with Crippen molar-refractivity contribution in [3.63, 3.8) is 0 Å². The summed E-state index contributed by atoms with van der Waals surface area (Å²) < 4.78 is 19.7. The second kappa shape index (κ2) is 10.8. The monoisotopic (exact) mass is 441 g/mol. The zero-order chi connectivity index (χ0) is 20.8. The van der Waals surface area contributed by atoms with Gasteiger partial charge in [0.1, 0.15) is 17.3 Å². The van der Waals surface area contributed by atoms with E-state index < -0.39 is 0 Å².